The van der Waals surface area contributed by atoms with Crippen LogP contribution < -0.4 is 5.32 Å². The van der Waals surface area contributed by atoms with Gasteiger partial charge in [0.1, 0.15) is 0 Å². The molecule has 0 amide bonds. The lowest BCUT2D eigenvalue weighted by Crippen LogP contribution is -2.53. The first-order chi connectivity index (χ1) is 10.1. The van der Waals surface area contributed by atoms with E-state index in [9.17, 15) is 8.42 Å². The maximum Gasteiger partial charge on any atom is 0.282 e. The molecule has 1 atom stereocenters. The lowest BCUT2D eigenvalue weighted by molar-refractivity contribution is -0.00482. The van der Waals surface area contributed by atoms with Gasteiger partial charge in [0, 0.05) is 26.2 Å². The van der Waals surface area contributed by atoms with Crippen molar-refractivity contribution >= 4 is 10.2 Å². The van der Waals surface area contributed by atoms with Gasteiger partial charge in [0.2, 0.25) is 0 Å². The minimum absolute atomic E-state index is 0.0415. The summed E-state index contributed by atoms with van der Waals surface area (Å²) in [5, 5.41) is 3.35. The number of nitrogens with zero attached hydrogens (tertiary/aromatic N) is 2. The summed E-state index contributed by atoms with van der Waals surface area (Å²) in [5.41, 5.74) is 0. The second kappa shape index (κ2) is 7.87. The highest BCUT2D eigenvalue weighted by Gasteiger charge is 2.35. The van der Waals surface area contributed by atoms with Gasteiger partial charge in [-0.2, -0.15) is 17.0 Å². The van der Waals surface area contributed by atoms with E-state index in [0.29, 0.717) is 38.7 Å². The molecule has 21 heavy (non-hydrogen) atoms. The van der Waals surface area contributed by atoms with Crippen molar-refractivity contribution in [2.75, 3.05) is 45.9 Å². The van der Waals surface area contributed by atoms with Gasteiger partial charge in [-0.3, -0.25) is 0 Å². The molecule has 2 aliphatic heterocycles. The van der Waals surface area contributed by atoms with Gasteiger partial charge in [0.25, 0.3) is 10.2 Å². The number of morpholine rings is 1. The fourth-order valence-corrected chi connectivity index (χ4v) is 4.66. The first-order valence-electron chi connectivity index (χ1n) is 8.15. The third kappa shape index (κ3) is 4.39. The van der Waals surface area contributed by atoms with Crippen LogP contribution in [0.2, 0.25) is 0 Å². The molecule has 2 fully saturated rings. The van der Waals surface area contributed by atoms with Gasteiger partial charge in [0.15, 0.2) is 0 Å². The molecule has 0 aromatic heterocycles. The van der Waals surface area contributed by atoms with E-state index in [0.717, 1.165) is 32.4 Å². The van der Waals surface area contributed by atoms with Gasteiger partial charge in [-0.25, -0.2) is 0 Å². The van der Waals surface area contributed by atoms with Crippen LogP contribution >= 0.6 is 0 Å². The molecule has 2 rings (SSSR count). The summed E-state index contributed by atoms with van der Waals surface area (Å²) in [5.74, 6) is 0.601. The summed E-state index contributed by atoms with van der Waals surface area (Å²) in [6, 6.07) is 0. The maximum atomic E-state index is 12.7. The third-order valence-electron chi connectivity index (χ3n) is 4.47. The predicted molar refractivity (Wildman–Crippen MR) is 83.4 cm³/mol. The lowest BCUT2D eigenvalue weighted by atomic mass is 9.98. The molecule has 2 aliphatic rings. The molecule has 7 heteroatoms. The highest BCUT2D eigenvalue weighted by atomic mass is 32.2. The molecule has 0 radical (unpaired) electrons. The first kappa shape index (κ1) is 17.1. The van der Waals surface area contributed by atoms with Gasteiger partial charge in [-0.15, -0.1) is 0 Å². The summed E-state index contributed by atoms with van der Waals surface area (Å²) in [6.45, 7) is 8.89. The van der Waals surface area contributed by atoms with Crippen LogP contribution in [0, 0.1) is 5.92 Å². The molecule has 124 valence electrons. The summed E-state index contributed by atoms with van der Waals surface area (Å²) in [4.78, 5) is 0. The SMILES string of the molecule is CCNCC1CCN(S(=O)(=O)N2CCOC(CC)C2)CC1. The highest BCUT2D eigenvalue weighted by Crippen LogP contribution is 2.22. The Morgan fingerprint density at radius 1 is 1.14 bits per heavy atom. The predicted octanol–water partition coefficient (Wildman–Crippen LogP) is 0.664. The standard InChI is InChI=1S/C14H29N3O3S/c1-3-14-12-17(9-10-20-14)21(18,19)16-7-5-13(6-8-16)11-15-4-2/h13-15H,3-12H2,1-2H3. The van der Waals surface area contributed by atoms with Crippen molar-refractivity contribution in [2.45, 2.75) is 39.2 Å². The lowest BCUT2D eigenvalue weighted by Gasteiger charge is -2.38. The quantitative estimate of drug-likeness (QED) is 0.781. The van der Waals surface area contributed by atoms with E-state index < -0.39 is 10.2 Å². The van der Waals surface area contributed by atoms with Gasteiger partial charge in [-0.05, 0) is 38.3 Å². The van der Waals surface area contributed by atoms with Crippen molar-refractivity contribution in [1.29, 1.82) is 0 Å². The fraction of sp³-hybridized carbons (Fsp3) is 1.00. The van der Waals surface area contributed by atoms with Crippen LogP contribution in [-0.4, -0.2) is 69.0 Å². The molecule has 2 saturated heterocycles. The number of rotatable bonds is 6. The zero-order valence-corrected chi connectivity index (χ0v) is 14.1. The Morgan fingerprint density at radius 3 is 2.48 bits per heavy atom. The summed E-state index contributed by atoms with van der Waals surface area (Å²) >= 11 is 0. The van der Waals surface area contributed by atoms with E-state index in [2.05, 4.69) is 12.2 Å². The van der Waals surface area contributed by atoms with Crippen LogP contribution in [0.4, 0.5) is 0 Å². The summed E-state index contributed by atoms with van der Waals surface area (Å²) in [7, 11) is -3.31. The van der Waals surface area contributed by atoms with E-state index >= 15 is 0 Å². The monoisotopic (exact) mass is 319 g/mol. The summed E-state index contributed by atoms with van der Waals surface area (Å²) in [6.07, 6.45) is 2.80. The highest BCUT2D eigenvalue weighted by molar-refractivity contribution is 7.86. The molecule has 1 unspecified atom stereocenters. The molecule has 0 aromatic rings. The van der Waals surface area contributed by atoms with Crippen LogP contribution in [0.15, 0.2) is 0 Å². The van der Waals surface area contributed by atoms with Gasteiger partial charge < -0.3 is 10.1 Å². The Morgan fingerprint density at radius 2 is 1.86 bits per heavy atom. The number of ether oxygens (including phenoxy) is 1. The zero-order valence-electron chi connectivity index (χ0n) is 13.3. The van der Waals surface area contributed by atoms with Gasteiger partial charge >= 0.3 is 0 Å². The normalized spacial score (nSPS) is 27.0. The second-order valence-corrected chi connectivity index (χ2v) is 7.85. The smallest absolute Gasteiger partial charge is 0.282 e. The van der Waals surface area contributed by atoms with Gasteiger partial charge in [0.05, 0.1) is 12.7 Å². The van der Waals surface area contributed by atoms with Crippen LogP contribution in [0.3, 0.4) is 0 Å². The van der Waals surface area contributed by atoms with E-state index in [4.69, 9.17) is 4.74 Å². The van der Waals surface area contributed by atoms with E-state index in [-0.39, 0.29) is 6.10 Å². The first-order valence-corrected chi connectivity index (χ1v) is 9.55. The van der Waals surface area contributed by atoms with Crippen LogP contribution in [0.1, 0.15) is 33.1 Å². The number of hydrogen-bond donors (Lipinski definition) is 1. The number of piperidine rings is 1. The number of hydrogen-bond acceptors (Lipinski definition) is 4. The largest absolute Gasteiger partial charge is 0.375 e. The van der Waals surface area contributed by atoms with Gasteiger partial charge in [-0.1, -0.05) is 13.8 Å². The van der Waals surface area contributed by atoms with Crippen molar-refractivity contribution in [3.8, 4) is 0 Å². The molecular weight excluding hydrogens is 290 g/mol. The molecule has 0 aliphatic carbocycles. The Bertz CT molecular complexity index is 408. The van der Waals surface area contributed by atoms with Crippen molar-refractivity contribution in [2.24, 2.45) is 5.92 Å². The van der Waals surface area contributed by atoms with E-state index in [1.165, 1.54) is 0 Å². The minimum atomic E-state index is -3.31. The third-order valence-corrected chi connectivity index (χ3v) is 6.47. The molecule has 0 aromatic carbocycles. The van der Waals surface area contributed by atoms with E-state index in [1.807, 2.05) is 6.92 Å². The van der Waals surface area contributed by atoms with Crippen molar-refractivity contribution < 1.29 is 13.2 Å². The molecular formula is C14H29N3O3S. The maximum absolute atomic E-state index is 12.7. The van der Waals surface area contributed by atoms with Crippen molar-refractivity contribution in [1.82, 2.24) is 13.9 Å². The van der Waals surface area contributed by atoms with Crippen LogP contribution in [0.25, 0.3) is 0 Å². The Hall–Kier alpha value is -0.210. The molecule has 0 saturated carbocycles. The Labute approximate surface area is 129 Å². The van der Waals surface area contributed by atoms with Crippen LogP contribution in [0.5, 0.6) is 0 Å². The molecule has 1 N–H and O–H groups in total. The average Bonchev–Trinajstić information content (AvgIpc) is 2.53. The van der Waals surface area contributed by atoms with Crippen LogP contribution in [-0.2, 0) is 14.9 Å². The fourth-order valence-electron chi connectivity index (χ4n) is 3.00. The molecule has 6 nitrogen and oxygen atoms in total. The minimum Gasteiger partial charge on any atom is -0.375 e. The molecule has 2 heterocycles. The average molecular weight is 319 g/mol. The topological polar surface area (TPSA) is 61.9 Å². The Kier molecular flexibility index (Phi) is 6.43. The summed E-state index contributed by atoms with van der Waals surface area (Å²) < 4.78 is 34.2. The van der Waals surface area contributed by atoms with E-state index in [1.54, 1.807) is 8.61 Å². The number of nitrogens with one attached hydrogen (secondary N) is 1. The molecule has 0 spiro atoms. The zero-order chi connectivity index (χ0) is 15.3. The second-order valence-electron chi connectivity index (χ2n) is 5.92. The van der Waals surface area contributed by atoms with Crippen molar-refractivity contribution in [3.05, 3.63) is 0 Å². The molecule has 0 bridgehead atoms. The van der Waals surface area contributed by atoms with Crippen molar-refractivity contribution in [3.63, 3.8) is 0 Å². The Balaban J connectivity index is 1.89.